The van der Waals surface area contributed by atoms with Gasteiger partial charge in [-0.05, 0) is 45.8 Å². The summed E-state index contributed by atoms with van der Waals surface area (Å²) < 4.78 is 14.0. The number of amides is 1. The van der Waals surface area contributed by atoms with Gasteiger partial charge in [-0.1, -0.05) is 18.2 Å². The smallest absolute Gasteiger partial charge is 0.307 e. The third kappa shape index (κ3) is 3.88. The van der Waals surface area contributed by atoms with Gasteiger partial charge < -0.3 is 10.4 Å². The molecule has 2 aromatic carbocycles. The van der Waals surface area contributed by atoms with Crippen molar-refractivity contribution in [3.63, 3.8) is 0 Å². The minimum absolute atomic E-state index is 0.0962. The molecule has 0 aliphatic rings. The Bertz CT molecular complexity index is 683. The number of rotatable bonds is 4. The first-order chi connectivity index (χ1) is 9.97. The van der Waals surface area contributed by atoms with E-state index in [4.69, 9.17) is 5.11 Å². The summed E-state index contributed by atoms with van der Waals surface area (Å²) in [4.78, 5) is 22.8. The second kappa shape index (κ2) is 6.49. The molecule has 1 amide bonds. The van der Waals surface area contributed by atoms with Crippen molar-refractivity contribution < 1.29 is 19.1 Å². The summed E-state index contributed by atoms with van der Waals surface area (Å²) >= 11 is 3.13. The zero-order valence-electron chi connectivity index (χ0n) is 10.8. The Kier molecular flexibility index (Phi) is 4.70. The maximum atomic E-state index is 13.7. The van der Waals surface area contributed by atoms with Gasteiger partial charge in [-0.15, -0.1) is 0 Å². The molecular formula is C15H11BrFNO3. The number of carboxylic acids is 1. The van der Waals surface area contributed by atoms with Crippen LogP contribution in [0.5, 0.6) is 0 Å². The van der Waals surface area contributed by atoms with Gasteiger partial charge in [-0.25, -0.2) is 4.39 Å². The molecule has 0 saturated carbocycles. The van der Waals surface area contributed by atoms with Gasteiger partial charge in [0, 0.05) is 10.2 Å². The van der Waals surface area contributed by atoms with Crippen LogP contribution in [0.25, 0.3) is 0 Å². The van der Waals surface area contributed by atoms with E-state index >= 15 is 0 Å². The van der Waals surface area contributed by atoms with E-state index in [1.54, 1.807) is 30.3 Å². The molecule has 2 rings (SSSR count). The average Bonchev–Trinajstić information content (AvgIpc) is 2.37. The van der Waals surface area contributed by atoms with E-state index in [0.29, 0.717) is 15.7 Å². The van der Waals surface area contributed by atoms with Crippen LogP contribution >= 0.6 is 15.9 Å². The van der Waals surface area contributed by atoms with Crippen molar-refractivity contribution in [2.75, 3.05) is 5.32 Å². The summed E-state index contributed by atoms with van der Waals surface area (Å²) in [5, 5.41) is 11.3. The van der Waals surface area contributed by atoms with Crippen molar-refractivity contribution in [3.8, 4) is 0 Å². The lowest BCUT2D eigenvalue weighted by Crippen LogP contribution is -2.14. The van der Waals surface area contributed by atoms with Crippen LogP contribution < -0.4 is 5.32 Å². The van der Waals surface area contributed by atoms with Crippen LogP contribution in [0.1, 0.15) is 15.9 Å². The van der Waals surface area contributed by atoms with Crippen LogP contribution in [0.2, 0.25) is 0 Å². The number of halogens is 2. The molecule has 0 aliphatic heterocycles. The van der Waals surface area contributed by atoms with Gasteiger partial charge in [0.05, 0.1) is 12.0 Å². The summed E-state index contributed by atoms with van der Waals surface area (Å²) in [6.45, 7) is 0. The molecule has 2 N–H and O–H groups in total. The van der Waals surface area contributed by atoms with Crippen LogP contribution in [0, 0.1) is 5.82 Å². The standard InChI is InChI=1S/C15H11BrFNO3/c16-11-5-2-6-12(17)14(11)15(21)18-10-4-1-3-9(7-10)8-13(19)20/h1-7H,8H2,(H,18,21)(H,19,20). The number of hydrogen-bond donors (Lipinski definition) is 2. The first kappa shape index (κ1) is 15.2. The first-order valence-electron chi connectivity index (χ1n) is 6.03. The molecule has 108 valence electrons. The van der Waals surface area contributed by atoms with Crippen molar-refractivity contribution in [2.24, 2.45) is 0 Å². The summed E-state index contributed by atoms with van der Waals surface area (Å²) in [6, 6.07) is 10.7. The predicted octanol–water partition coefficient (Wildman–Crippen LogP) is 3.47. The molecular weight excluding hydrogens is 341 g/mol. The van der Waals surface area contributed by atoms with Crippen LogP contribution in [-0.4, -0.2) is 17.0 Å². The highest BCUT2D eigenvalue weighted by molar-refractivity contribution is 9.10. The van der Waals surface area contributed by atoms with Crippen LogP contribution in [0.4, 0.5) is 10.1 Å². The highest BCUT2D eigenvalue weighted by Crippen LogP contribution is 2.21. The molecule has 2 aromatic rings. The maximum absolute atomic E-state index is 13.7. The van der Waals surface area contributed by atoms with Crippen molar-refractivity contribution >= 4 is 33.5 Å². The largest absolute Gasteiger partial charge is 0.481 e. The number of hydrogen-bond acceptors (Lipinski definition) is 2. The SMILES string of the molecule is O=C(O)Cc1cccc(NC(=O)c2c(F)cccc2Br)c1. The Balaban J connectivity index is 2.22. The Hall–Kier alpha value is -2.21. The van der Waals surface area contributed by atoms with Gasteiger partial charge in [-0.3, -0.25) is 9.59 Å². The molecule has 0 radical (unpaired) electrons. The molecule has 0 aromatic heterocycles. The summed E-state index contributed by atoms with van der Waals surface area (Å²) in [6.07, 6.45) is -0.146. The lowest BCUT2D eigenvalue weighted by Gasteiger charge is -2.09. The normalized spacial score (nSPS) is 10.2. The summed E-state index contributed by atoms with van der Waals surface area (Å²) in [7, 11) is 0. The second-order valence-electron chi connectivity index (χ2n) is 4.32. The highest BCUT2D eigenvalue weighted by Gasteiger charge is 2.15. The number of carbonyl (C=O) groups is 2. The topological polar surface area (TPSA) is 66.4 Å². The first-order valence-corrected chi connectivity index (χ1v) is 6.83. The molecule has 0 saturated heterocycles. The van der Waals surface area contributed by atoms with Crippen molar-refractivity contribution in [1.29, 1.82) is 0 Å². The summed E-state index contributed by atoms with van der Waals surface area (Å²) in [5.74, 6) is -2.20. The van der Waals surface area contributed by atoms with Gasteiger partial charge in [0.25, 0.3) is 5.91 Å². The quantitative estimate of drug-likeness (QED) is 0.886. The van der Waals surface area contributed by atoms with E-state index in [-0.39, 0.29) is 12.0 Å². The molecule has 6 heteroatoms. The van der Waals surface area contributed by atoms with Gasteiger partial charge in [0.15, 0.2) is 0 Å². The molecule has 21 heavy (non-hydrogen) atoms. The molecule has 0 heterocycles. The Morgan fingerprint density at radius 1 is 1.19 bits per heavy atom. The molecule has 0 spiro atoms. The van der Waals surface area contributed by atoms with E-state index < -0.39 is 17.7 Å². The number of nitrogens with one attached hydrogen (secondary N) is 1. The Morgan fingerprint density at radius 2 is 1.90 bits per heavy atom. The van der Waals surface area contributed by atoms with Gasteiger partial charge in [0.2, 0.25) is 0 Å². The summed E-state index contributed by atoms with van der Waals surface area (Å²) in [5.41, 5.74) is 0.864. The Labute approximate surface area is 128 Å². The van der Waals surface area contributed by atoms with Crippen molar-refractivity contribution in [1.82, 2.24) is 0 Å². The van der Waals surface area contributed by atoms with Crippen molar-refractivity contribution in [3.05, 3.63) is 63.9 Å². The van der Waals surface area contributed by atoms with E-state index in [9.17, 15) is 14.0 Å². The maximum Gasteiger partial charge on any atom is 0.307 e. The zero-order chi connectivity index (χ0) is 15.4. The fraction of sp³-hybridized carbons (Fsp3) is 0.0667. The van der Waals surface area contributed by atoms with E-state index in [1.807, 2.05) is 0 Å². The fourth-order valence-electron chi connectivity index (χ4n) is 1.84. The van der Waals surface area contributed by atoms with E-state index in [2.05, 4.69) is 21.2 Å². The van der Waals surface area contributed by atoms with Crippen LogP contribution in [-0.2, 0) is 11.2 Å². The third-order valence-corrected chi connectivity index (χ3v) is 3.39. The monoisotopic (exact) mass is 351 g/mol. The minimum atomic E-state index is -0.963. The average molecular weight is 352 g/mol. The molecule has 0 bridgehead atoms. The molecule has 0 unspecified atom stereocenters. The molecule has 0 aliphatic carbocycles. The molecule has 0 atom stereocenters. The van der Waals surface area contributed by atoms with E-state index in [1.165, 1.54) is 12.1 Å². The predicted molar refractivity (Wildman–Crippen MR) is 79.8 cm³/mol. The molecule has 4 nitrogen and oxygen atoms in total. The zero-order valence-corrected chi connectivity index (χ0v) is 12.4. The number of carboxylic acid groups (broad SMARTS) is 1. The third-order valence-electron chi connectivity index (χ3n) is 2.73. The van der Waals surface area contributed by atoms with Gasteiger partial charge >= 0.3 is 5.97 Å². The van der Waals surface area contributed by atoms with Crippen LogP contribution in [0.3, 0.4) is 0 Å². The lowest BCUT2D eigenvalue weighted by atomic mass is 10.1. The highest BCUT2D eigenvalue weighted by atomic mass is 79.9. The molecule has 0 fully saturated rings. The second-order valence-corrected chi connectivity index (χ2v) is 5.18. The number of aliphatic carboxylic acids is 1. The number of anilines is 1. The fourth-order valence-corrected chi connectivity index (χ4v) is 2.36. The van der Waals surface area contributed by atoms with E-state index in [0.717, 1.165) is 0 Å². The van der Waals surface area contributed by atoms with Crippen molar-refractivity contribution in [2.45, 2.75) is 6.42 Å². The minimum Gasteiger partial charge on any atom is -0.481 e. The number of benzene rings is 2. The van der Waals surface area contributed by atoms with Gasteiger partial charge in [-0.2, -0.15) is 0 Å². The lowest BCUT2D eigenvalue weighted by molar-refractivity contribution is -0.136. The van der Waals surface area contributed by atoms with Gasteiger partial charge in [0.1, 0.15) is 5.82 Å². The Morgan fingerprint density at radius 3 is 2.57 bits per heavy atom. The van der Waals surface area contributed by atoms with Crippen LogP contribution in [0.15, 0.2) is 46.9 Å². The number of carbonyl (C=O) groups excluding carboxylic acids is 1.